The maximum atomic E-state index is 11.8. The number of hydrogen-bond donors (Lipinski definition) is 3. The monoisotopic (exact) mass is 360 g/mol. The molecule has 0 bridgehead atoms. The topological polar surface area (TPSA) is 87.5 Å². The molecule has 1 aliphatic heterocycles. The predicted octanol–water partition coefficient (Wildman–Crippen LogP) is 1.19. The van der Waals surface area contributed by atoms with E-state index in [0.29, 0.717) is 18.4 Å². The SMILES string of the molecule is C=P(C)(C)CCC1OC(n2cc(CC)c(=O)[nH]c2=S)[C@H](O)[C@@H]1O. The number of aromatic amines is 1. The van der Waals surface area contributed by atoms with Crippen LogP contribution in [0.2, 0.25) is 0 Å². The van der Waals surface area contributed by atoms with Crippen molar-refractivity contribution in [3.05, 3.63) is 26.9 Å². The van der Waals surface area contributed by atoms with Crippen LogP contribution in [-0.2, 0) is 11.2 Å². The first-order valence-electron chi connectivity index (χ1n) is 7.67. The molecule has 0 spiro atoms. The summed E-state index contributed by atoms with van der Waals surface area (Å²) in [5.41, 5.74) is 0.319. The van der Waals surface area contributed by atoms with Gasteiger partial charge in [0.05, 0.1) is 6.10 Å². The largest absolute Gasteiger partial charge is 0.388 e. The molecular formula is C15H25N2O4PS. The third-order valence-corrected chi connectivity index (χ3v) is 5.83. The average Bonchev–Trinajstić information content (AvgIpc) is 2.73. The van der Waals surface area contributed by atoms with Gasteiger partial charge in [-0.25, -0.2) is 0 Å². The van der Waals surface area contributed by atoms with E-state index in [4.69, 9.17) is 17.0 Å². The summed E-state index contributed by atoms with van der Waals surface area (Å²) in [6.07, 6.45) is 4.46. The predicted molar refractivity (Wildman–Crippen MR) is 96.6 cm³/mol. The van der Waals surface area contributed by atoms with Gasteiger partial charge in [0.15, 0.2) is 11.0 Å². The molecule has 2 unspecified atom stereocenters. The second kappa shape index (κ2) is 7.03. The molecule has 1 fully saturated rings. The fourth-order valence-corrected chi connectivity index (χ4v) is 3.85. The Morgan fingerprint density at radius 3 is 2.65 bits per heavy atom. The van der Waals surface area contributed by atoms with E-state index < -0.39 is 31.4 Å². The smallest absolute Gasteiger partial charge is 0.254 e. The van der Waals surface area contributed by atoms with Crippen molar-refractivity contribution in [2.45, 2.75) is 44.3 Å². The number of H-pyrrole nitrogens is 1. The average molecular weight is 360 g/mol. The fraction of sp³-hybridized carbons (Fsp3) is 0.667. The van der Waals surface area contributed by atoms with Crippen LogP contribution >= 0.6 is 19.1 Å². The molecule has 23 heavy (non-hydrogen) atoms. The summed E-state index contributed by atoms with van der Waals surface area (Å²) in [4.78, 5) is 14.4. The quantitative estimate of drug-likeness (QED) is 0.542. The Balaban J connectivity index is 2.26. The van der Waals surface area contributed by atoms with Crippen molar-refractivity contribution in [3.8, 4) is 0 Å². The van der Waals surface area contributed by atoms with Gasteiger partial charge in [0.2, 0.25) is 0 Å². The Kier molecular flexibility index (Phi) is 5.69. The van der Waals surface area contributed by atoms with Gasteiger partial charge in [-0.2, -0.15) is 0 Å². The molecular weight excluding hydrogens is 335 g/mol. The van der Waals surface area contributed by atoms with Crippen molar-refractivity contribution in [2.75, 3.05) is 19.5 Å². The van der Waals surface area contributed by atoms with Crippen molar-refractivity contribution in [2.24, 2.45) is 0 Å². The van der Waals surface area contributed by atoms with Crippen molar-refractivity contribution < 1.29 is 14.9 Å². The lowest BCUT2D eigenvalue weighted by Gasteiger charge is -2.19. The number of nitrogens with zero attached hydrogens (tertiary/aromatic N) is 1. The molecule has 8 heteroatoms. The molecule has 0 aromatic carbocycles. The summed E-state index contributed by atoms with van der Waals surface area (Å²) in [5, 5.41) is 20.6. The normalized spacial score (nSPS) is 28.2. The first-order valence-corrected chi connectivity index (χ1v) is 11.1. The second-order valence-electron chi connectivity index (χ2n) is 6.67. The van der Waals surface area contributed by atoms with E-state index in [9.17, 15) is 15.0 Å². The van der Waals surface area contributed by atoms with Crippen molar-refractivity contribution >= 4 is 25.4 Å². The van der Waals surface area contributed by atoms with Gasteiger partial charge in [-0.15, -0.1) is 13.2 Å². The van der Waals surface area contributed by atoms with Gasteiger partial charge < -0.3 is 14.9 Å². The summed E-state index contributed by atoms with van der Waals surface area (Å²) < 4.78 is 7.55. The van der Waals surface area contributed by atoms with Crippen LogP contribution in [0.15, 0.2) is 11.0 Å². The van der Waals surface area contributed by atoms with Gasteiger partial charge in [0.25, 0.3) is 5.56 Å². The van der Waals surface area contributed by atoms with Gasteiger partial charge in [-0.1, -0.05) is 6.92 Å². The molecule has 3 N–H and O–H groups in total. The Hall–Kier alpha value is -0.720. The van der Waals surface area contributed by atoms with E-state index >= 15 is 0 Å². The number of aryl methyl sites for hydroxylation is 1. The maximum Gasteiger partial charge on any atom is 0.254 e. The van der Waals surface area contributed by atoms with Crippen LogP contribution in [0.4, 0.5) is 0 Å². The first kappa shape index (κ1) is 18.6. The minimum atomic E-state index is -1.23. The summed E-state index contributed by atoms with van der Waals surface area (Å²) in [6.45, 7) is 4.87. The van der Waals surface area contributed by atoms with Crippen LogP contribution in [0.25, 0.3) is 0 Å². The third-order valence-electron chi connectivity index (χ3n) is 4.05. The molecule has 1 aromatic rings. The highest BCUT2D eigenvalue weighted by molar-refractivity contribution is 7.72. The Labute approximate surface area is 141 Å². The van der Waals surface area contributed by atoms with E-state index in [1.165, 1.54) is 4.57 Å². The molecule has 6 nitrogen and oxygen atoms in total. The van der Waals surface area contributed by atoms with E-state index in [1.54, 1.807) is 6.20 Å². The summed E-state index contributed by atoms with van der Waals surface area (Å²) >= 11 is 5.17. The fourth-order valence-electron chi connectivity index (χ4n) is 2.64. The second-order valence-corrected chi connectivity index (χ2v) is 11.4. The lowest BCUT2D eigenvalue weighted by molar-refractivity contribution is -0.0392. The minimum Gasteiger partial charge on any atom is -0.388 e. The minimum absolute atomic E-state index is 0.175. The molecule has 2 heterocycles. The number of aromatic nitrogens is 2. The zero-order valence-corrected chi connectivity index (χ0v) is 15.4. The van der Waals surface area contributed by atoms with Crippen LogP contribution in [0, 0.1) is 4.77 Å². The molecule has 0 amide bonds. The molecule has 1 saturated heterocycles. The van der Waals surface area contributed by atoms with Crippen molar-refractivity contribution in [1.82, 2.24) is 9.55 Å². The molecule has 0 saturated carbocycles. The van der Waals surface area contributed by atoms with Gasteiger partial charge in [0, 0.05) is 11.8 Å². The van der Waals surface area contributed by atoms with Crippen LogP contribution < -0.4 is 5.56 Å². The van der Waals surface area contributed by atoms with Gasteiger partial charge in [-0.3, -0.25) is 14.3 Å². The number of aliphatic hydroxyl groups is 2. The van der Waals surface area contributed by atoms with E-state index in [2.05, 4.69) is 24.6 Å². The molecule has 2 rings (SSSR count). The van der Waals surface area contributed by atoms with Crippen LogP contribution in [0.5, 0.6) is 0 Å². The van der Waals surface area contributed by atoms with Crippen molar-refractivity contribution in [1.29, 1.82) is 0 Å². The Morgan fingerprint density at radius 1 is 1.43 bits per heavy atom. The van der Waals surface area contributed by atoms with E-state index in [0.717, 1.165) is 6.16 Å². The zero-order valence-electron chi connectivity index (χ0n) is 13.7. The number of nitrogens with one attached hydrogen (secondary N) is 1. The van der Waals surface area contributed by atoms with E-state index in [-0.39, 0.29) is 10.3 Å². The lowest BCUT2D eigenvalue weighted by atomic mass is 10.1. The number of rotatable bonds is 5. The standard InChI is InChI=1S/C15H25N2O4PS/c1-5-9-8-17(15(23)16-13(9)20)14-12(19)11(18)10(21-14)6-7-22(2,3)4/h8,10-12,14,18-19H,2,5-7H2,1,3-4H3,(H,16,20,23)/t10?,11-,12-,14?/m1/s1. The molecule has 4 atom stereocenters. The number of ether oxygens (including phenoxy) is 1. The third kappa shape index (κ3) is 4.22. The van der Waals surface area contributed by atoms with Crippen LogP contribution in [0.3, 0.4) is 0 Å². The van der Waals surface area contributed by atoms with Crippen molar-refractivity contribution in [3.63, 3.8) is 0 Å². The molecule has 1 aromatic heterocycles. The summed E-state index contributed by atoms with van der Waals surface area (Å²) in [5.74, 6) is 0. The molecule has 1 aliphatic rings. The highest BCUT2D eigenvalue weighted by Crippen LogP contribution is 2.39. The molecule has 0 aliphatic carbocycles. The van der Waals surface area contributed by atoms with Crippen LogP contribution in [-0.4, -0.2) is 63.9 Å². The van der Waals surface area contributed by atoms with E-state index in [1.807, 2.05) is 6.92 Å². The molecule has 130 valence electrons. The van der Waals surface area contributed by atoms with Crippen LogP contribution in [0.1, 0.15) is 25.1 Å². The lowest BCUT2D eigenvalue weighted by Crippen LogP contribution is -2.32. The number of hydrogen-bond acceptors (Lipinski definition) is 5. The molecule has 0 radical (unpaired) electrons. The summed E-state index contributed by atoms with van der Waals surface area (Å²) in [6, 6.07) is 0. The maximum absolute atomic E-state index is 11.8. The van der Waals surface area contributed by atoms with Gasteiger partial charge in [-0.05, 0) is 44.6 Å². The Bertz CT molecular complexity index is 723. The summed E-state index contributed by atoms with van der Waals surface area (Å²) in [7, 11) is 0. The Morgan fingerprint density at radius 2 is 2.09 bits per heavy atom. The number of aliphatic hydroxyl groups excluding tert-OH is 2. The highest BCUT2D eigenvalue weighted by Gasteiger charge is 2.43. The van der Waals surface area contributed by atoms with Gasteiger partial charge in [0.1, 0.15) is 12.2 Å². The highest BCUT2D eigenvalue weighted by atomic mass is 32.1. The zero-order chi connectivity index (χ0) is 17.4. The van der Waals surface area contributed by atoms with Gasteiger partial charge >= 0.3 is 0 Å². The first-order chi connectivity index (χ1) is 10.6.